The Balaban J connectivity index is 2.24. The number of hydrogen-bond acceptors (Lipinski definition) is 6. The minimum absolute atomic E-state index is 0.284. The molecule has 1 heterocycles. The molecular formula is C12H8ClN3O5. The third-order valence-corrected chi connectivity index (χ3v) is 2.66. The summed E-state index contributed by atoms with van der Waals surface area (Å²) in [6.07, 6.45) is 0.489. The van der Waals surface area contributed by atoms with Crippen molar-refractivity contribution < 1.29 is 19.6 Å². The van der Waals surface area contributed by atoms with Crippen molar-refractivity contribution in [3.05, 3.63) is 57.4 Å². The fourth-order valence-corrected chi connectivity index (χ4v) is 1.70. The Morgan fingerprint density at radius 1 is 1.38 bits per heavy atom. The maximum atomic E-state index is 11.3. The maximum absolute atomic E-state index is 11.3. The summed E-state index contributed by atoms with van der Waals surface area (Å²) in [5.41, 5.74) is -0.0195. The zero-order valence-corrected chi connectivity index (χ0v) is 11.1. The number of aromatic nitrogens is 2. The summed E-state index contributed by atoms with van der Waals surface area (Å²) in [7, 11) is 0. The van der Waals surface area contributed by atoms with Crippen LogP contribution in [0.1, 0.15) is 11.7 Å². The third kappa shape index (κ3) is 3.63. The van der Waals surface area contributed by atoms with Gasteiger partial charge in [0.2, 0.25) is 6.10 Å². The first-order valence-electron chi connectivity index (χ1n) is 5.58. The molecule has 1 N–H and O–H groups in total. The lowest BCUT2D eigenvalue weighted by Gasteiger charge is -2.13. The van der Waals surface area contributed by atoms with Crippen LogP contribution < -0.4 is 4.74 Å². The molecule has 0 aliphatic rings. The van der Waals surface area contributed by atoms with Crippen molar-refractivity contribution in [2.24, 2.45) is 0 Å². The summed E-state index contributed by atoms with van der Waals surface area (Å²) >= 11 is 5.80. The Labute approximate surface area is 123 Å². The van der Waals surface area contributed by atoms with Crippen LogP contribution in [0.25, 0.3) is 0 Å². The summed E-state index contributed by atoms with van der Waals surface area (Å²) in [5.74, 6) is -1.26. The molecule has 0 saturated heterocycles. The highest BCUT2D eigenvalue weighted by molar-refractivity contribution is 6.30. The SMILES string of the molecule is O=C(O)C(Oc1ncc([N+](=O)[O-])cn1)c1cccc(Cl)c1. The van der Waals surface area contributed by atoms with Crippen molar-refractivity contribution in [3.8, 4) is 6.01 Å². The standard InChI is InChI=1S/C12H8ClN3O5/c13-8-3-1-2-7(4-8)10(11(17)18)21-12-14-5-9(6-15-12)16(19)20/h1-6,10H,(H,17,18). The van der Waals surface area contributed by atoms with E-state index in [-0.39, 0.29) is 11.7 Å². The van der Waals surface area contributed by atoms with E-state index in [1.54, 1.807) is 12.1 Å². The highest BCUT2D eigenvalue weighted by atomic mass is 35.5. The van der Waals surface area contributed by atoms with Crippen LogP contribution in [0.2, 0.25) is 5.02 Å². The van der Waals surface area contributed by atoms with Gasteiger partial charge in [-0.1, -0.05) is 23.7 Å². The molecule has 8 nitrogen and oxygen atoms in total. The van der Waals surface area contributed by atoms with Gasteiger partial charge in [0.05, 0.1) is 4.92 Å². The highest BCUT2D eigenvalue weighted by Gasteiger charge is 2.23. The molecule has 2 aromatic rings. The Kier molecular flexibility index (Phi) is 4.29. The molecule has 108 valence electrons. The highest BCUT2D eigenvalue weighted by Crippen LogP contribution is 2.22. The van der Waals surface area contributed by atoms with Crippen molar-refractivity contribution in [1.29, 1.82) is 0 Å². The average Bonchev–Trinajstić information content (AvgIpc) is 2.45. The molecule has 2 rings (SSSR count). The molecule has 0 bridgehead atoms. The van der Waals surface area contributed by atoms with Gasteiger partial charge in [-0.15, -0.1) is 0 Å². The zero-order valence-electron chi connectivity index (χ0n) is 10.3. The van der Waals surface area contributed by atoms with Crippen molar-refractivity contribution >= 4 is 23.3 Å². The number of carbonyl (C=O) groups is 1. The lowest BCUT2D eigenvalue weighted by molar-refractivity contribution is -0.385. The van der Waals surface area contributed by atoms with E-state index in [1.165, 1.54) is 12.1 Å². The van der Waals surface area contributed by atoms with E-state index in [4.69, 9.17) is 16.3 Å². The van der Waals surface area contributed by atoms with Crippen LogP contribution >= 0.6 is 11.6 Å². The number of aliphatic carboxylic acids is 1. The number of ether oxygens (including phenoxy) is 1. The van der Waals surface area contributed by atoms with Crippen molar-refractivity contribution in [2.45, 2.75) is 6.10 Å². The van der Waals surface area contributed by atoms with Crippen LogP contribution in [0.4, 0.5) is 5.69 Å². The summed E-state index contributed by atoms with van der Waals surface area (Å²) in [6.45, 7) is 0. The van der Waals surface area contributed by atoms with E-state index >= 15 is 0 Å². The second-order valence-electron chi connectivity index (χ2n) is 3.87. The predicted molar refractivity (Wildman–Crippen MR) is 71.1 cm³/mol. The van der Waals surface area contributed by atoms with Crippen molar-refractivity contribution in [3.63, 3.8) is 0 Å². The first kappa shape index (κ1) is 14.7. The van der Waals surface area contributed by atoms with Gasteiger partial charge >= 0.3 is 17.7 Å². The molecule has 9 heteroatoms. The van der Waals surface area contributed by atoms with Gasteiger partial charge in [0, 0.05) is 10.6 Å². The van der Waals surface area contributed by atoms with Gasteiger partial charge in [-0.05, 0) is 12.1 Å². The predicted octanol–water partition coefficient (Wildman–Crippen LogP) is 2.24. The van der Waals surface area contributed by atoms with Crippen LogP contribution in [0.5, 0.6) is 6.01 Å². The first-order chi connectivity index (χ1) is 9.97. The fraction of sp³-hybridized carbons (Fsp3) is 0.0833. The minimum atomic E-state index is -1.37. The number of carboxylic acids is 1. The molecule has 1 unspecified atom stereocenters. The van der Waals surface area contributed by atoms with Crippen LogP contribution in [-0.2, 0) is 4.79 Å². The lowest BCUT2D eigenvalue weighted by atomic mass is 10.1. The van der Waals surface area contributed by atoms with E-state index in [9.17, 15) is 20.0 Å². The number of halogens is 1. The van der Waals surface area contributed by atoms with E-state index < -0.39 is 17.0 Å². The van der Waals surface area contributed by atoms with Crippen LogP contribution in [-0.4, -0.2) is 26.0 Å². The third-order valence-electron chi connectivity index (χ3n) is 2.42. The normalized spacial score (nSPS) is 11.7. The van der Waals surface area contributed by atoms with Crippen molar-refractivity contribution in [2.75, 3.05) is 0 Å². The number of nitro groups is 1. The fourth-order valence-electron chi connectivity index (χ4n) is 1.50. The number of carboxylic acid groups (broad SMARTS) is 1. The first-order valence-corrected chi connectivity index (χ1v) is 5.96. The largest absolute Gasteiger partial charge is 0.478 e. The Morgan fingerprint density at radius 3 is 2.57 bits per heavy atom. The van der Waals surface area contributed by atoms with Gasteiger partial charge in [-0.3, -0.25) is 10.1 Å². The monoisotopic (exact) mass is 309 g/mol. The molecular weight excluding hydrogens is 302 g/mol. The summed E-state index contributed by atoms with van der Waals surface area (Å²) in [5, 5.41) is 20.0. The molecule has 0 amide bonds. The molecule has 0 saturated carbocycles. The van der Waals surface area contributed by atoms with Crippen molar-refractivity contribution in [1.82, 2.24) is 9.97 Å². The number of hydrogen-bond donors (Lipinski definition) is 1. The Hall–Kier alpha value is -2.74. The van der Waals surface area contributed by atoms with Gasteiger partial charge in [0.25, 0.3) is 0 Å². The second-order valence-corrected chi connectivity index (χ2v) is 4.31. The van der Waals surface area contributed by atoms with Gasteiger partial charge in [-0.2, -0.15) is 9.97 Å². The quantitative estimate of drug-likeness (QED) is 0.665. The van der Waals surface area contributed by atoms with Gasteiger partial charge in [-0.25, -0.2) is 4.79 Å². The van der Waals surface area contributed by atoms with Gasteiger partial charge < -0.3 is 9.84 Å². The molecule has 0 radical (unpaired) electrons. The smallest absolute Gasteiger partial charge is 0.349 e. The molecule has 0 aliphatic heterocycles. The van der Waals surface area contributed by atoms with E-state index in [1.807, 2.05) is 0 Å². The number of nitrogens with zero attached hydrogens (tertiary/aromatic N) is 3. The molecule has 0 aliphatic carbocycles. The minimum Gasteiger partial charge on any atom is -0.478 e. The lowest BCUT2D eigenvalue weighted by Crippen LogP contribution is -2.19. The Bertz CT molecular complexity index is 677. The van der Waals surface area contributed by atoms with E-state index in [0.29, 0.717) is 10.6 Å². The van der Waals surface area contributed by atoms with Gasteiger partial charge in [0.15, 0.2) is 0 Å². The van der Waals surface area contributed by atoms with Crippen LogP contribution in [0, 0.1) is 10.1 Å². The second kappa shape index (κ2) is 6.14. The molecule has 1 aromatic heterocycles. The number of benzene rings is 1. The molecule has 21 heavy (non-hydrogen) atoms. The molecule has 0 spiro atoms. The zero-order chi connectivity index (χ0) is 15.4. The Morgan fingerprint density at radius 2 is 2.05 bits per heavy atom. The van der Waals surface area contributed by atoms with E-state index in [0.717, 1.165) is 12.4 Å². The van der Waals surface area contributed by atoms with Crippen LogP contribution in [0.3, 0.4) is 0 Å². The van der Waals surface area contributed by atoms with Crippen LogP contribution in [0.15, 0.2) is 36.7 Å². The van der Waals surface area contributed by atoms with Gasteiger partial charge in [0.1, 0.15) is 12.4 Å². The summed E-state index contributed by atoms with van der Waals surface area (Å²) in [6, 6.07) is 5.84. The van der Waals surface area contributed by atoms with E-state index in [2.05, 4.69) is 9.97 Å². The summed E-state index contributed by atoms with van der Waals surface area (Å²) in [4.78, 5) is 28.3. The summed E-state index contributed by atoms with van der Waals surface area (Å²) < 4.78 is 5.15. The maximum Gasteiger partial charge on any atom is 0.349 e. The average molecular weight is 310 g/mol. The molecule has 1 aromatic carbocycles. The number of rotatable bonds is 5. The molecule has 1 atom stereocenters. The topological polar surface area (TPSA) is 115 Å². The molecule has 0 fully saturated rings.